The highest BCUT2D eigenvalue weighted by molar-refractivity contribution is 5.89. The van der Waals surface area contributed by atoms with E-state index in [0.717, 1.165) is 0 Å². The molecule has 0 saturated heterocycles. The van der Waals surface area contributed by atoms with E-state index in [4.69, 9.17) is 14.6 Å². The third-order valence-corrected chi connectivity index (χ3v) is 1.86. The molecular weight excluding hydrogens is 186 g/mol. The summed E-state index contributed by atoms with van der Waals surface area (Å²) in [7, 11) is 3.08. The molecular formula is C9H13NO4. The Morgan fingerprint density at radius 2 is 2.21 bits per heavy atom. The number of hydrogen-bond acceptors (Lipinski definition) is 3. The summed E-state index contributed by atoms with van der Waals surface area (Å²) in [5.74, 6) is -0.952. The molecule has 0 aliphatic carbocycles. The van der Waals surface area contributed by atoms with Gasteiger partial charge < -0.3 is 19.1 Å². The summed E-state index contributed by atoms with van der Waals surface area (Å²) in [6.07, 6.45) is 1.67. The van der Waals surface area contributed by atoms with E-state index in [9.17, 15) is 4.79 Å². The highest BCUT2D eigenvalue weighted by atomic mass is 16.5. The van der Waals surface area contributed by atoms with Crippen molar-refractivity contribution in [3.63, 3.8) is 0 Å². The Labute approximate surface area is 81.9 Å². The number of carbonyl (C=O) groups is 1. The zero-order valence-corrected chi connectivity index (χ0v) is 8.19. The van der Waals surface area contributed by atoms with E-state index in [1.54, 1.807) is 17.9 Å². The standard InChI is InChI=1S/C9H13NO4/c1-13-5-8-7(9(11)12)3-4-10(8)6-14-2/h3-4H,5-6H2,1-2H3,(H,11,12). The Kier molecular flexibility index (Phi) is 3.67. The van der Waals surface area contributed by atoms with Crippen LogP contribution in [0.1, 0.15) is 16.1 Å². The quantitative estimate of drug-likeness (QED) is 0.766. The van der Waals surface area contributed by atoms with E-state index in [-0.39, 0.29) is 12.2 Å². The summed E-state index contributed by atoms with van der Waals surface area (Å²) >= 11 is 0. The lowest BCUT2D eigenvalue weighted by molar-refractivity contribution is 0.0688. The van der Waals surface area contributed by atoms with Crippen LogP contribution in [-0.2, 0) is 22.8 Å². The Bertz CT molecular complexity index is 319. The van der Waals surface area contributed by atoms with Gasteiger partial charge in [-0.05, 0) is 6.07 Å². The van der Waals surface area contributed by atoms with E-state index in [2.05, 4.69) is 0 Å². The number of carboxylic acids is 1. The highest BCUT2D eigenvalue weighted by Gasteiger charge is 2.14. The average Bonchev–Trinajstić information content (AvgIpc) is 2.50. The van der Waals surface area contributed by atoms with Gasteiger partial charge in [0, 0.05) is 20.4 Å². The number of carboxylic acid groups (broad SMARTS) is 1. The van der Waals surface area contributed by atoms with E-state index in [0.29, 0.717) is 12.4 Å². The lowest BCUT2D eigenvalue weighted by Gasteiger charge is -2.07. The topological polar surface area (TPSA) is 60.7 Å². The van der Waals surface area contributed by atoms with Crippen molar-refractivity contribution in [2.24, 2.45) is 0 Å². The SMILES string of the molecule is COCc1c(C(=O)O)ccn1COC. The predicted octanol–water partition coefficient (Wildman–Crippen LogP) is 0.937. The maximum Gasteiger partial charge on any atom is 0.337 e. The minimum atomic E-state index is -0.952. The lowest BCUT2D eigenvalue weighted by atomic mass is 10.2. The normalized spacial score (nSPS) is 10.4. The van der Waals surface area contributed by atoms with Crippen molar-refractivity contribution in [3.05, 3.63) is 23.5 Å². The van der Waals surface area contributed by atoms with Crippen LogP contribution in [0.25, 0.3) is 0 Å². The molecule has 0 aromatic carbocycles. The molecule has 5 nitrogen and oxygen atoms in total. The molecule has 78 valence electrons. The number of rotatable bonds is 5. The molecule has 0 aliphatic heterocycles. The number of hydrogen-bond donors (Lipinski definition) is 1. The first-order valence-corrected chi connectivity index (χ1v) is 4.10. The predicted molar refractivity (Wildman–Crippen MR) is 49.1 cm³/mol. The van der Waals surface area contributed by atoms with Crippen LogP contribution in [0, 0.1) is 0 Å². The zero-order valence-electron chi connectivity index (χ0n) is 8.19. The molecule has 0 fully saturated rings. The summed E-state index contributed by atoms with van der Waals surface area (Å²) in [4.78, 5) is 10.8. The van der Waals surface area contributed by atoms with Gasteiger partial charge in [-0.25, -0.2) is 4.79 Å². The van der Waals surface area contributed by atoms with Gasteiger partial charge in [0.15, 0.2) is 0 Å². The summed E-state index contributed by atoms with van der Waals surface area (Å²) in [6.45, 7) is 0.587. The highest BCUT2D eigenvalue weighted by Crippen LogP contribution is 2.12. The van der Waals surface area contributed by atoms with Crippen LogP contribution < -0.4 is 0 Å². The Balaban J connectivity index is 3.00. The monoisotopic (exact) mass is 199 g/mol. The van der Waals surface area contributed by atoms with Crippen molar-refractivity contribution in [2.45, 2.75) is 13.3 Å². The van der Waals surface area contributed by atoms with Crippen molar-refractivity contribution in [1.82, 2.24) is 4.57 Å². The number of methoxy groups -OCH3 is 2. The number of nitrogens with zero attached hydrogens (tertiary/aromatic N) is 1. The average molecular weight is 199 g/mol. The third-order valence-electron chi connectivity index (χ3n) is 1.86. The molecule has 1 heterocycles. The molecule has 0 unspecified atom stereocenters. The summed E-state index contributed by atoms with van der Waals surface area (Å²) in [6, 6.07) is 1.54. The van der Waals surface area contributed by atoms with Gasteiger partial charge >= 0.3 is 5.97 Å². The second-order valence-electron chi connectivity index (χ2n) is 2.80. The van der Waals surface area contributed by atoms with Crippen molar-refractivity contribution in [1.29, 1.82) is 0 Å². The Morgan fingerprint density at radius 1 is 1.50 bits per heavy atom. The van der Waals surface area contributed by atoms with Crippen LogP contribution in [0.5, 0.6) is 0 Å². The van der Waals surface area contributed by atoms with Crippen LogP contribution in [0.2, 0.25) is 0 Å². The van der Waals surface area contributed by atoms with Crippen molar-refractivity contribution >= 4 is 5.97 Å². The fraction of sp³-hybridized carbons (Fsp3) is 0.444. The van der Waals surface area contributed by atoms with E-state index < -0.39 is 5.97 Å². The molecule has 0 spiro atoms. The van der Waals surface area contributed by atoms with Gasteiger partial charge in [-0.3, -0.25) is 0 Å². The van der Waals surface area contributed by atoms with Crippen LogP contribution in [0.15, 0.2) is 12.3 Å². The summed E-state index contributed by atoms with van der Waals surface area (Å²) < 4.78 is 11.5. The largest absolute Gasteiger partial charge is 0.478 e. The van der Waals surface area contributed by atoms with E-state index in [1.807, 2.05) is 0 Å². The van der Waals surface area contributed by atoms with Crippen molar-refractivity contribution in [2.75, 3.05) is 14.2 Å². The molecule has 1 aromatic heterocycles. The molecule has 0 atom stereocenters. The summed E-state index contributed by atoms with van der Waals surface area (Å²) in [5, 5.41) is 8.86. The van der Waals surface area contributed by atoms with Gasteiger partial charge in [-0.15, -0.1) is 0 Å². The van der Waals surface area contributed by atoms with Gasteiger partial charge in [0.2, 0.25) is 0 Å². The lowest BCUT2D eigenvalue weighted by Crippen LogP contribution is -2.08. The molecule has 0 bridgehead atoms. The van der Waals surface area contributed by atoms with Crippen LogP contribution in [0.3, 0.4) is 0 Å². The molecule has 0 saturated carbocycles. The third kappa shape index (κ3) is 2.12. The first kappa shape index (κ1) is 10.7. The fourth-order valence-corrected chi connectivity index (χ4v) is 1.26. The van der Waals surface area contributed by atoms with Gasteiger partial charge in [0.25, 0.3) is 0 Å². The number of ether oxygens (including phenoxy) is 2. The van der Waals surface area contributed by atoms with Gasteiger partial charge in [-0.2, -0.15) is 0 Å². The number of aromatic nitrogens is 1. The second-order valence-corrected chi connectivity index (χ2v) is 2.80. The fourth-order valence-electron chi connectivity index (χ4n) is 1.26. The maximum atomic E-state index is 10.8. The van der Waals surface area contributed by atoms with Gasteiger partial charge in [0.1, 0.15) is 6.73 Å². The smallest absolute Gasteiger partial charge is 0.337 e. The molecule has 14 heavy (non-hydrogen) atoms. The van der Waals surface area contributed by atoms with Crippen molar-refractivity contribution in [3.8, 4) is 0 Å². The minimum Gasteiger partial charge on any atom is -0.478 e. The van der Waals surface area contributed by atoms with Crippen LogP contribution in [-0.4, -0.2) is 29.9 Å². The molecule has 1 rings (SSSR count). The number of aromatic carboxylic acids is 1. The Hall–Kier alpha value is -1.33. The second kappa shape index (κ2) is 4.78. The molecule has 1 N–H and O–H groups in total. The molecule has 0 radical (unpaired) electrons. The van der Waals surface area contributed by atoms with E-state index >= 15 is 0 Å². The van der Waals surface area contributed by atoms with Gasteiger partial charge in [-0.1, -0.05) is 0 Å². The first-order valence-electron chi connectivity index (χ1n) is 4.10. The maximum absolute atomic E-state index is 10.8. The molecule has 0 aliphatic rings. The zero-order chi connectivity index (χ0) is 10.6. The minimum absolute atomic E-state index is 0.254. The summed E-state index contributed by atoms with van der Waals surface area (Å²) in [5.41, 5.74) is 0.866. The molecule has 0 amide bonds. The Morgan fingerprint density at radius 3 is 2.71 bits per heavy atom. The van der Waals surface area contributed by atoms with Crippen molar-refractivity contribution < 1.29 is 19.4 Å². The van der Waals surface area contributed by atoms with Crippen LogP contribution >= 0.6 is 0 Å². The van der Waals surface area contributed by atoms with Gasteiger partial charge in [0.05, 0.1) is 17.9 Å². The first-order chi connectivity index (χ1) is 6.70. The molecule has 5 heteroatoms. The van der Waals surface area contributed by atoms with Crippen LogP contribution in [0.4, 0.5) is 0 Å². The molecule has 1 aromatic rings. The van der Waals surface area contributed by atoms with E-state index in [1.165, 1.54) is 13.2 Å².